The van der Waals surface area contributed by atoms with E-state index in [-0.39, 0.29) is 11.4 Å². The third-order valence-electron chi connectivity index (χ3n) is 4.62. The summed E-state index contributed by atoms with van der Waals surface area (Å²) in [6, 6.07) is 7.60. The molecule has 1 aliphatic heterocycles. The van der Waals surface area contributed by atoms with Crippen molar-refractivity contribution in [1.29, 1.82) is 0 Å². The zero-order chi connectivity index (χ0) is 13.6. The molecule has 0 aromatic heterocycles. The molecule has 0 saturated carbocycles. The number of primary amides is 1. The van der Waals surface area contributed by atoms with E-state index < -0.39 is 0 Å². The molecule has 0 bridgehead atoms. The molecule has 3 heteroatoms. The standard InChI is InChI=1S/C15H22N2O/c1-14(2)10-17(15(14,3)4)9-11-6-5-7-12(8-11)13(16)18/h5-8H,9-10H2,1-4H3,(H2,16,18). The van der Waals surface area contributed by atoms with Crippen molar-refractivity contribution in [2.45, 2.75) is 39.8 Å². The van der Waals surface area contributed by atoms with E-state index in [1.165, 1.54) is 0 Å². The average Bonchev–Trinajstić information content (AvgIpc) is 2.28. The van der Waals surface area contributed by atoms with Crippen molar-refractivity contribution in [2.24, 2.45) is 11.1 Å². The monoisotopic (exact) mass is 246 g/mol. The highest BCUT2D eigenvalue weighted by molar-refractivity contribution is 5.92. The Morgan fingerprint density at radius 3 is 2.50 bits per heavy atom. The van der Waals surface area contributed by atoms with Crippen LogP contribution in [0.25, 0.3) is 0 Å². The maximum atomic E-state index is 11.2. The predicted molar refractivity (Wildman–Crippen MR) is 73.2 cm³/mol. The molecule has 98 valence electrons. The second-order valence-electron chi connectivity index (χ2n) is 6.36. The van der Waals surface area contributed by atoms with E-state index in [0.29, 0.717) is 11.0 Å². The summed E-state index contributed by atoms with van der Waals surface area (Å²) in [5, 5.41) is 0. The number of carbonyl (C=O) groups excluding carboxylic acids is 1. The van der Waals surface area contributed by atoms with Gasteiger partial charge in [-0.2, -0.15) is 0 Å². The van der Waals surface area contributed by atoms with Crippen molar-refractivity contribution in [3.8, 4) is 0 Å². The summed E-state index contributed by atoms with van der Waals surface area (Å²) >= 11 is 0. The minimum absolute atomic E-state index is 0.190. The highest BCUT2D eigenvalue weighted by atomic mass is 16.1. The van der Waals surface area contributed by atoms with Crippen molar-refractivity contribution in [3.05, 3.63) is 35.4 Å². The van der Waals surface area contributed by atoms with Crippen LogP contribution in [-0.2, 0) is 6.54 Å². The normalized spacial score (nSPS) is 21.3. The summed E-state index contributed by atoms with van der Waals surface area (Å²) in [6.07, 6.45) is 0. The first-order valence-electron chi connectivity index (χ1n) is 6.38. The van der Waals surface area contributed by atoms with E-state index >= 15 is 0 Å². The van der Waals surface area contributed by atoms with E-state index in [4.69, 9.17) is 5.73 Å². The minimum Gasteiger partial charge on any atom is -0.366 e. The highest BCUT2D eigenvalue weighted by Gasteiger charge is 2.51. The van der Waals surface area contributed by atoms with E-state index in [9.17, 15) is 4.79 Å². The van der Waals surface area contributed by atoms with Gasteiger partial charge in [-0.15, -0.1) is 0 Å². The Hall–Kier alpha value is -1.35. The van der Waals surface area contributed by atoms with Gasteiger partial charge in [0.1, 0.15) is 0 Å². The summed E-state index contributed by atoms with van der Waals surface area (Å²) in [5.74, 6) is -0.361. The van der Waals surface area contributed by atoms with E-state index in [1.807, 2.05) is 18.2 Å². The summed E-state index contributed by atoms with van der Waals surface area (Å²) in [7, 11) is 0. The van der Waals surface area contributed by atoms with Gasteiger partial charge in [0.05, 0.1) is 0 Å². The topological polar surface area (TPSA) is 46.3 Å². The van der Waals surface area contributed by atoms with Gasteiger partial charge in [0.25, 0.3) is 0 Å². The Bertz CT molecular complexity index is 477. The first-order valence-corrected chi connectivity index (χ1v) is 6.38. The van der Waals surface area contributed by atoms with Gasteiger partial charge in [-0.05, 0) is 37.0 Å². The fraction of sp³-hybridized carbons (Fsp3) is 0.533. The molecular formula is C15H22N2O. The maximum absolute atomic E-state index is 11.2. The highest BCUT2D eigenvalue weighted by Crippen LogP contribution is 2.46. The second-order valence-corrected chi connectivity index (χ2v) is 6.36. The Morgan fingerprint density at radius 1 is 1.33 bits per heavy atom. The van der Waals surface area contributed by atoms with Crippen LogP contribution in [0.2, 0.25) is 0 Å². The predicted octanol–water partition coefficient (Wildman–Crippen LogP) is 2.41. The van der Waals surface area contributed by atoms with Gasteiger partial charge in [0.15, 0.2) is 0 Å². The van der Waals surface area contributed by atoms with Crippen LogP contribution in [0.15, 0.2) is 24.3 Å². The summed E-state index contributed by atoms with van der Waals surface area (Å²) in [4.78, 5) is 13.6. The Balaban J connectivity index is 2.12. The first kappa shape index (κ1) is 13.1. The van der Waals surface area contributed by atoms with E-state index in [0.717, 1.165) is 18.7 Å². The molecule has 1 aliphatic rings. The van der Waals surface area contributed by atoms with Crippen molar-refractivity contribution >= 4 is 5.91 Å². The summed E-state index contributed by atoms with van der Waals surface area (Å²) in [6.45, 7) is 11.1. The average molecular weight is 246 g/mol. The molecule has 0 atom stereocenters. The molecule has 0 aliphatic carbocycles. The third-order valence-corrected chi connectivity index (χ3v) is 4.62. The van der Waals surface area contributed by atoms with Crippen LogP contribution in [0.3, 0.4) is 0 Å². The van der Waals surface area contributed by atoms with Crippen LogP contribution in [0.1, 0.15) is 43.6 Å². The molecule has 1 amide bonds. The molecule has 1 fully saturated rings. The number of benzene rings is 1. The fourth-order valence-corrected chi connectivity index (χ4v) is 2.50. The quantitative estimate of drug-likeness (QED) is 0.890. The number of carbonyl (C=O) groups is 1. The zero-order valence-electron chi connectivity index (χ0n) is 11.7. The van der Waals surface area contributed by atoms with Crippen LogP contribution in [0.4, 0.5) is 0 Å². The summed E-state index contributed by atoms with van der Waals surface area (Å²) in [5.41, 5.74) is 7.57. The minimum atomic E-state index is -0.361. The second kappa shape index (κ2) is 4.09. The van der Waals surface area contributed by atoms with Crippen molar-refractivity contribution in [2.75, 3.05) is 6.54 Å². The summed E-state index contributed by atoms with van der Waals surface area (Å²) < 4.78 is 0. The van der Waals surface area contributed by atoms with E-state index in [1.54, 1.807) is 6.07 Å². The molecule has 1 saturated heterocycles. The number of hydrogen-bond acceptors (Lipinski definition) is 2. The molecule has 2 N–H and O–H groups in total. The maximum Gasteiger partial charge on any atom is 0.248 e. The lowest BCUT2D eigenvalue weighted by atomic mass is 9.65. The van der Waals surface area contributed by atoms with Crippen LogP contribution in [0, 0.1) is 5.41 Å². The zero-order valence-corrected chi connectivity index (χ0v) is 11.7. The van der Waals surface area contributed by atoms with Gasteiger partial charge in [-0.25, -0.2) is 0 Å². The van der Waals surface area contributed by atoms with Gasteiger partial charge in [0, 0.05) is 24.2 Å². The Morgan fingerprint density at radius 2 is 2.00 bits per heavy atom. The lowest BCUT2D eigenvalue weighted by Gasteiger charge is -2.61. The fourth-order valence-electron chi connectivity index (χ4n) is 2.50. The van der Waals surface area contributed by atoms with E-state index in [2.05, 4.69) is 32.6 Å². The molecule has 1 heterocycles. The van der Waals surface area contributed by atoms with Crippen molar-refractivity contribution in [1.82, 2.24) is 4.90 Å². The van der Waals surface area contributed by atoms with Gasteiger partial charge in [0.2, 0.25) is 5.91 Å². The lowest BCUT2D eigenvalue weighted by molar-refractivity contribution is -0.122. The number of nitrogens with zero attached hydrogens (tertiary/aromatic N) is 1. The first-order chi connectivity index (χ1) is 8.24. The van der Waals surface area contributed by atoms with Gasteiger partial charge in [-0.3, -0.25) is 9.69 Å². The molecule has 1 aromatic rings. The molecule has 0 radical (unpaired) electrons. The molecule has 3 nitrogen and oxygen atoms in total. The molecule has 1 aromatic carbocycles. The Kier molecular flexibility index (Phi) is 2.98. The van der Waals surface area contributed by atoms with Gasteiger partial charge >= 0.3 is 0 Å². The van der Waals surface area contributed by atoms with Crippen LogP contribution in [-0.4, -0.2) is 22.9 Å². The number of nitrogens with two attached hydrogens (primary N) is 1. The molecule has 0 unspecified atom stereocenters. The molecule has 2 rings (SSSR count). The number of rotatable bonds is 3. The SMILES string of the molecule is CC1(C)CN(Cc2cccc(C(N)=O)c2)C1(C)C. The van der Waals surface area contributed by atoms with Gasteiger partial charge in [-0.1, -0.05) is 26.0 Å². The smallest absolute Gasteiger partial charge is 0.248 e. The Labute approximate surface area is 109 Å². The largest absolute Gasteiger partial charge is 0.366 e. The van der Waals surface area contributed by atoms with Gasteiger partial charge < -0.3 is 5.73 Å². The molecule has 0 spiro atoms. The van der Waals surface area contributed by atoms with Crippen molar-refractivity contribution in [3.63, 3.8) is 0 Å². The lowest BCUT2D eigenvalue weighted by Crippen LogP contribution is -2.68. The number of likely N-dealkylation sites (tertiary alicyclic amines) is 1. The van der Waals surface area contributed by atoms with Crippen LogP contribution in [0.5, 0.6) is 0 Å². The molecular weight excluding hydrogens is 224 g/mol. The number of amides is 1. The number of hydrogen-bond donors (Lipinski definition) is 1. The molecule has 18 heavy (non-hydrogen) atoms. The third kappa shape index (κ3) is 2.03. The van der Waals surface area contributed by atoms with Crippen molar-refractivity contribution < 1.29 is 4.79 Å². The van der Waals surface area contributed by atoms with Crippen LogP contribution >= 0.6 is 0 Å². The van der Waals surface area contributed by atoms with Crippen LogP contribution < -0.4 is 5.73 Å².